The number of halogens is 2. The second kappa shape index (κ2) is 10.7. The highest BCUT2D eigenvalue weighted by Crippen LogP contribution is 2.53. The number of allylic oxidation sites excluding steroid dienone is 1. The Labute approximate surface area is 265 Å². The van der Waals surface area contributed by atoms with Crippen molar-refractivity contribution in [1.82, 2.24) is 28.9 Å². The fourth-order valence-electron chi connectivity index (χ4n) is 7.33. The molecule has 10 nitrogen and oxygen atoms in total. The zero-order valence-corrected chi connectivity index (χ0v) is 26.3. The van der Waals surface area contributed by atoms with Crippen LogP contribution in [0.4, 0.5) is 4.39 Å². The van der Waals surface area contributed by atoms with Crippen molar-refractivity contribution < 1.29 is 22.7 Å². The van der Waals surface area contributed by atoms with Crippen LogP contribution in [0.15, 0.2) is 71.7 Å². The summed E-state index contributed by atoms with van der Waals surface area (Å²) in [7, 11) is -2.41. The normalized spacial score (nSPS) is 26.1. The standard InChI is InChI=1S/C32H32ClFN6O4S/c1-31(42)16-26(17-31)40(45(43,44)29-10-12-38(2)37-29)25-6-3-21-13-28-20(19-36-39(28)24-7-4-23(34)5-8-24)15-32(21,18-25)30(41)27-14-22(33)9-11-35-27/h4-5,7-14,19,25-26,42H,3,6,15-18H2,1-2H3/t25-,26?,31?,32-/m0/s1. The van der Waals surface area contributed by atoms with Gasteiger partial charge in [0.05, 0.1) is 28.6 Å². The lowest BCUT2D eigenvalue weighted by molar-refractivity contribution is -0.0690. The number of nitrogens with zero attached hydrogens (tertiary/aromatic N) is 6. The lowest BCUT2D eigenvalue weighted by atomic mass is 9.60. The third-order valence-corrected chi connectivity index (χ3v) is 11.5. The average molecular weight is 651 g/mol. The monoisotopic (exact) mass is 650 g/mol. The first kappa shape index (κ1) is 30.0. The van der Waals surface area contributed by atoms with Gasteiger partial charge in [-0.25, -0.2) is 17.5 Å². The summed E-state index contributed by atoms with van der Waals surface area (Å²) in [5.74, 6) is -0.592. The molecule has 13 heteroatoms. The van der Waals surface area contributed by atoms with Gasteiger partial charge in [-0.3, -0.25) is 14.5 Å². The summed E-state index contributed by atoms with van der Waals surface area (Å²) in [5.41, 5.74) is 1.26. The highest BCUT2D eigenvalue weighted by atomic mass is 35.5. The first-order chi connectivity index (χ1) is 21.4. The first-order valence-electron chi connectivity index (χ1n) is 14.8. The van der Waals surface area contributed by atoms with Gasteiger partial charge in [0.1, 0.15) is 11.5 Å². The number of aryl methyl sites for hydroxylation is 1. The predicted octanol–water partition coefficient (Wildman–Crippen LogP) is 4.76. The minimum Gasteiger partial charge on any atom is -0.390 e. The number of sulfonamides is 1. The summed E-state index contributed by atoms with van der Waals surface area (Å²) in [6.45, 7) is 1.70. The molecule has 3 aliphatic rings. The molecule has 0 bridgehead atoms. The third-order valence-electron chi connectivity index (χ3n) is 9.40. The van der Waals surface area contributed by atoms with Crippen LogP contribution in [0.25, 0.3) is 11.8 Å². The molecule has 0 radical (unpaired) electrons. The van der Waals surface area contributed by atoms with Crippen LogP contribution in [0.1, 0.15) is 60.8 Å². The van der Waals surface area contributed by atoms with Gasteiger partial charge in [-0.05, 0) is 99.6 Å². The number of aromatic nitrogens is 5. The summed E-state index contributed by atoms with van der Waals surface area (Å²) in [4.78, 5) is 19.0. The van der Waals surface area contributed by atoms with Crippen LogP contribution in [0, 0.1) is 11.2 Å². The quantitative estimate of drug-likeness (QED) is 0.286. The maximum atomic E-state index is 14.6. The van der Waals surface area contributed by atoms with E-state index in [2.05, 4.69) is 15.2 Å². The van der Waals surface area contributed by atoms with Crippen molar-refractivity contribution in [3.05, 3.63) is 94.4 Å². The highest BCUT2D eigenvalue weighted by Gasteiger charge is 2.55. The molecule has 7 rings (SSSR count). The van der Waals surface area contributed by atoms with E-state index in [0.29, 0.717) is 23.6 Å². The number of fused-ring (bicyclic) bond motifs is 2. The van der Waals surface area contributed by atoms with Crippen LogP contribution in [0.5, 0.6) is 0 Å². The van der Waals surface area contributed by atoms with Crippen LogP contribution >= 0.6 is 11.6 Å². The van der Waals surface area contributed by atoms with E-state index in [0.717, 1.165) is 16.8 Å². The van der Waals surface area contributed by atoms with Gasteiger partial charge in [0, 0.05) is 36.5 Å². The predicted molar refractivity (Wildman–Crippen MR) is 165 cm³/mol. The molecular weight excluding hydrogens is 619 g/mol. The molecule has 2 saturated carbocycles. The van der Waals surface area contributed by atoms with Crippen molar-refractivity contribution in [3.63, 3.8) is 0 Å². The lowest BCUT2D eigenvalue weighted by Gasteiger charge is -2.52. The van der Waals surface area contributed by atoms with E-state index in [-0.39, 0.29) is 48.0 Å². The second-order valence-electron chi connectivity index (χ2n) is 12.7. The summed E-state index contributed by atoms with van der Waals surface area (Å²) < 4.78 is 46.8. The van der Waals surface area contributed by atoms with Gasteiger partial charge in [0.2, 0.25) is 0 Å². The van der Waals surface area contributed by atoms with E-state index in [1.807, 2.05) is 6.08 Å². The molecule has 3 aliphatic carbocycles. The molecule has 0 unspecified atom stereocenters. The number of pyridine rings is 1. The molecule has 0 aliphatic heterocycles. The number of carbonyl (C=O) groups is 1. The zero-order valence-electron chi connectivity index (χ0n) is 24.8. The van der Waals surface area contributed by atoms with Gasteiger partial charge >= 0.3 is 0 Å². The van der Waals surface area contributed by atoms with Crippen molar-refractivity contribution in [2.24, 2.45) is 12.5 Å². The topological polar surface area (TPSA) is 123 Å². The minimum absolute atomic E-state index is 0.0683. The minimum atomic E-state index is -4.07. The Morgan fingerprint density at radius 2 is 1.89 bits per heavy atom. The van der Waals surface area contributed by atoms with Gasteiger partial charge in [0.15, 0.2) is 10.8 Å². The Kier molecular flexibility index (Phi) is 7.12. The number of rotatable bonds is 7. The Hall–Kier alpha value is -3.71. The number of aliphatic hydroxyl groups is 1. The molecule has 2 fully saturated rings. The molecule has 2 atom stereocenters. The molecule has 1 aromatic carbocycles. The summed E-state index contributed by atoms with van der Waals surface area (Å²) in [6, 6.07) is 9.67. The van der Waals surface area contributed by atoms with Crippen LogP contribution in [-0.4, -0.2) is 65.8 Å². The average Bonchev–Trinajstić information content (AvgIpc) is 3.61. The Balaban J connectivity index is 1.33. The molecule has 234 valence electrons. The number of benzene rings is 1. The van der Waals surface area contributed by atoms with Gasteiger partial charge in [-0.1, -0.05) is 17.2 Å². The maximum Gasteiger partial charge on any atom is 0.262 e. The fourth-order valence-corrected chi connectivity index (χ4v) is 9.28. The van der Waals surface area contributed by atoms with Crippen LogP contribution in [-0.2, 0) is 23.5 Å². The second-order valence-corrected chi connectivity index (χ2v) is 14.9. The Morgan fingerprint density at radius 3 is 2.56 bits per heavy atom. The van der Waals surface area contributed by atoms with Crippen LogP contribution in [0.2, 0.25) is 5.02 Å². The van der Waals surface area contributed by atoms with Gasteiger partial charge < -0.3 is 5.11 Å². The smallest absolute Gasteiger partial charge is 0.262 e. The van der Waals surface area contributed by atoms with Gasteiger partial charge in [0.25, 0.3) is 10.0 Å². The number of ketones is 1. The summed E-state index contributed by atoms with van der Waals surface area (Å²) >= 11 is 6.30. The molecule has 3 aromatic heterocycles. The summed E-state index contributed by atoms with van der Waals surface area (Å²) in [5, 5.41) is 19.8. The fraction of sp³-hybridized carbons (Fsp3) is 0.375. The first-order valence-corrected chi connectivity index (χ1v) is 16.6. The van der Waals surface area contributed by atoms with E-state index in [1.165, 1.54) is 33.4 Å². The number of hydrogen-bond donors (Lipinski definition) is 1. The van der Waals surface area contributed by atoms with Crippen molar-refractivity contribution in [2.45, 2.75) is 68.2 Å². The molecule has 0 amide bonds. The van der Waals surface area contributed by atoms with Crippen LogP contribution < -0.4 is 0 Å². The molecule has 0 saturated heterocycles. The van der Waals surface area contributed by atoms with Crippen molar-refractivity contribution in [1.29, 1.82) is 0 Å². The van der Waals surface area contributed by atoms with Crippen molar-refractivity contribution >= 4 is 33.5 Å². The molecular formula is C32H32ClFN6O4S. The molecule has 0 spiro atoms. The SMILES string of the molecule is Cn1ccc(S(=O)(=O)N(C2CC(C)(O)C2)[C@H]2CCC3=Cc4c(cnn4-c4ccc(F)cc4)C[C@]3(C(=O)c3cc(Cl)ccn3)C2)n1. The Bertz CT molecular complexity index is 1950. The largest absolute Gasteiger partial charge is 0.390 e. The Morgan fingerprint density at radius 1 is 1.13 bits per heavy atom. The molecule has 3 heterocycles. The van der Waals surface area contributed by atoms with Crippen molar-refractivity contribution in [2.75, 3.05) is 0 Å². The zero-order chi connectivity index (χ0) is 31.7. The van der Waals surface area contributed by atoms with Crippen LogP contribution in [0.3, 0.4) is 0 Å². The van der Waals surface area contributed by atoms with Gasteiger partial charge in [-0.15, -0.1) is 0 Å². The number of carbonyl (C=O) groups excluding carboxylic acids is 1. The number of hydrogen-bond acceptors (Lipinski definition) is 7. The van der Waals surface area contributed by atoms with E-state index in [4.69, 9.17) is 11.6 Å². The van der Waals surface area contributed by atoms with Crippen molar-refractivity contribution in [3.8, 4) is 5.69 Å². The maximum absolute atomic E-state index is 14.6. The van der Waals surface area contributed by atoms with E-state index < -0.39 is 33.1 Å². The summed E-state index contributed by atoms with van der Waals surface area (Å²) in [6.07, 6.45) is 8.72. The van der Waals surface area contributed by atoms with Gasteiger partial charge in [-0.2, -0.15) is 14.5 Å². The lowest BCUT2D eigenvalue weighted by Crippen LogP contribution is -2.60. The highest BCUT2D eigenvalue weighted by molar-refractivity contribution is 7.89. The third kappa shape index (κ3) is 5.13. The molecule has 4 aromatic rings. The van der Waals surface area contributed by atoms with E-state index in [1.54, 1.807) is 55.3 Å². The molecule has 1 N–H and O–H groups in total. The van der Waals surface area contributed by atoms with E-state index in [9.17, 15) is 22.7 Å². The van der Waals surface area contributed by atoms with E-state index >= 15 is 0 Å². The number of Topliss-reactive ketones (excluding diaryl/α,β-unsaturated/α-hetero) is 1. The molecule has 45 heavy (non-hydrogen) atoms.